The molecule has 32 heavy (non-hydrogen) atoms. The number of nitrogens with zero attached hydrogens (tertiary/aromatic N) is 3. The first kappa shape index (κ1) is 22.0. The summed E-state index contributed by atoms with van der Waals surface area (Å²) in [6.07, 6.45) is 4.66. The van der Waals surface area contributed by atoms with Crippen LogP contribution in [0.2, 0.25) is 0 Å². The monoisotopic (exact) mass is 438 g/mol. The summed E-state index contributed by atoms with van der Waals surface area (Å²) in [5.74, 6) is 1.55. The van der Waals surface area contributed by atoms with Crippen molar-refractivity contribution in [2.75, 3.05) is 37.4 Å². The van der Waals surface area contributed by atoms with Gasteiger partial charge in [0.25, 0.3) is 0 Å². The van der Waals surface area contributed by atoms with E-state index in [1.165, 1.54) is 6.33 Å². The quantitative estimate of drug-likeness (QED) is 0.446. The normalized spacial score (nSPS) is 18.4. The standard InChI is InChI=1S/C23H30N6O3/c1-15(13-31-2)32-16-3-4-18(24)17(11-16)22(25)19-12-20(27-14-26-19)29-9-7-23(8-10-29)6-5-21(30)28-23/h3-4,11-12,14-15,25H,5-10,13,24H2,1-2H3,(H,28,30). The summed E-state index contributed by atoms with van der Waals surface area (Å²) in [6, 6.07) is 7.11. The van der Waals surface area contributed by atoms with Gasteiger partial charge in [-0.3, -0.25) is 10.2 Å². The fourth-order valence-corrected chi connectivity index (χ4v) is 4.43. The molecule has 2 aliphatic heterocycles. The van der Waals surface area contributed by atoms with Crippen LogP contribution >= 0.6 is 0 Å². The number of amides is 1. The predicted molar refractivity (Wildman–Crippen MR) is 122 cm³/mol. The minimum Gasteiger partial charge on any atom is -0.488 e. The van der Waals surface area contributed by atoms with E-state index >= 15 is 0 Å². The highest BCUT2D eigenvalue weighted by Gasteiger charge is 2.40. The second kappa shape index (κ2) is 9.12. The molecule has 9 heteroatoms. The van der Waals surface area contributed by atoms with Gasteiger partial charge in [0.15, 0.2) is 0 Å². The predicted octanol–water partition coefficient (Wildman–Crippen LogP) is 2.14. The Kier molecular flexibility index (Phi) is 6.27. The van der Waals surface area contributed by atoms with Crippen LogP contribution in [0.4, 0.5) is 11.5 Å². The fourth-order valence-electron chi connectivity index (χ4n) is 4.43. The summed E-state index contributed by atoms with van der Waals surface area (Å²) in [7, 11) is 1.63. The van der Waals surface area contributed by atoms with Gasteiger partial charge >= 0.3 is 0 Å². The first-order valence-electron chi connectivity index (χ1n) is 10.9. The van der Waals surface area contributed by atoms with Crippen molar-refractivity contribution in [2.24, 2.45) is 0 Å². The molecule has 170 valence electrons. The zero-order chi connectivity index (χ0) is 22.7. The number of aromatic nitrogens is 2. The molecule has 1 spiro atoms. The van der Waals surface area contributed by atoms with E-state index in [4.69, 9.17) is 20.6 Å². The van der Waals surface area contributed by atoms with Gasteiger partial charge in [0, 0.05) is 49.5 Å². The number of methoxy groups -OCH3 is 1. The van der Waals surface area contributed by atoms with Gasteiger partial charge in [-0.25, -0.2) is 9.97 Å². The molecule has 1 amide bonds. The van der Waals surface area contributed by atoms with Crippen LogP contribution < -0.4 is 20.7 Å². The van der Waals surface area contributed by atoms with Crippen LogP contribution in [0.3, 0.4) is 0 Å². The van der Waals surface area contributed by atoms with Gasteiger partial charge < -0.3 is 25.4 Å². The molecule has 0 bridgehead atoms. The maximum absolute atomic E-state index is 11.7. The Morgan fingerprint density at radius 1 is 1.28 bits per heavy atom. The van der Waals surface area contributed by atoms with Crippen LogP contribution in [0.1, 0.15) is 43.9 Å². The number of hydrogen-bond donors (Lipinski definition) is 3. The molecule has 2 aliphatic rings. The average molecular weight is 439 g/mol. The number of carbonyl (C=O) groups excluding carboxylic acids is 1. The first-order chi connectivity index (χ1) is 15.4. The van der Waals surface area contributed by atoms with E-state index in [1.54, 1.807) is 25.3 Å². The lowest BCUT2D eigenvalue weighted by Gasteiger charge is -2.39. The van der Waals surface area contributed by atoms with Gasteiger partial charge in [-0.1, -0.05) is 0 Å². The highest BCUT2D eigenvalue weighted by molar-refractivity contribution is 6.13. The van der Waals surface area contributed by atoms with Crippen molar-refractivity contribution < 1.29 is 14.3 Å². The zero-order valence-corrected chi connectivity index (χ0v) is 18.6. The number of piperidine rings is 1. The second-order valence-corrected chi connectivity index (χ2v) is 8.58. The molecule has 0 saturated carbocycles. The van der Waals surface area contributed by atoms with Crippen molar-refractivity contribution in [3.63, 3.8) is 0 Å². The molecule has 2 saturated heterocycles. The molecule has 9 nitrogen and oxygen atoms in total. The molecular weight excluding hydrogens is 408 g/mol. The Labute approximate surface area is 187 Å². The third-order valence-corrected chi connectivity index (χ3v) is 6.22. The Hall–Kier alpha value is -3.20. The number of anilines is 2. The van der Waals surface area contributed by atoms with Gasteiger partial charge in [0.2, 0.25) is 5.91 Å². The molecule has 4 rings (SSSR count). The summed E-state index contributed by atoms with van der Waals surface area (Å²) >= 11 is 0. The minimum absolute atomic E-state index is 0.0645. The van der Waals surface area contributed by atoms with Crippen LogP contribution in [0.5, 0.6) is 5.75 Å². The number of nitrogen functional groups attached to an aromatic ring is 1. The minimum atomic E-state index is -0.122. The maximum Gasteiger partial charge on any atom is 0.220 e. The number of benzene rings is 1. The molecule has 0 aliphatic carbocycles. The highest BCUT2D eigenvalue weighted by atomic mass is 16.5. The molecule has 1 unspecified atom stereocenters. The second-order valence-electron chi connectivity index (χ2n) is 8.58. The van der Waals surface area contributed by atoms with E-state index in [0.717, 1.165) is 38.2 Å². The summed E-state index contributed by atoms with van der Waals surface area (Å²) in [5.41, 5.74) is 7.86. The molecule has 3 heterocycles. The lowest BCUT2D eigenvalue weighted by Crippen LogP contribution is -2.51. The number of rotatable bonds is 7. The third-order valence-electron chi connectivity index (χ3n) is 6.22. The van der Waals surface area contributed by atoms with Gasteiger partial charge in [-0.15, -0.1) is 0 Å². The molecule has 2 aromatic rings. The van der Waals surface area contributed by atoms with E-state index in [9.17, 15) is 4.79 Å². The molecule has 4 N–H and O–H groups in total. The van der Waals surface area contributed by atoms with E-state index in [2.05, 4.69) is 20.2 Å². The van der Waals surface area contributed by atoms with Crippen LogP contribution in [-0.2, 0) is 9.53 Å². The lowest BCUT2D eigenvalue weighted by atomic mass is 9.86. The number of carbonyl (C=O) groups is 1. The molecular formula is C23H30N6O3. The number of ether oxygens (including phenoxy) is 2. The Morgan fingerprint density at radius 3 is 2.75 bits per heavy atom. The van der Waals surface area contributed by atoms with Gasteiger partial charge in [0.05, 0.1) is 18.0 Å². The third kappa shape index (κ3) is 4.67. The Bertz CT molecular complexity index is 1000. The number of nitrogens with one attached hydrogen (secondary N) is 2. The zero-order valence-electron chi connectivity index (χ0n) is 18.6. The number of nitrogens with two attached hydrogens (primary N) is 1. The van der Waals surface area contributed by atoms with E-state index in [1.807, 2.05) is 13.0 Å². The topological polar surface area (TPSA) is 126 Å². The van der Waals surface area contributed by atoms with Crippen molar-refractivity contribution in [3.05, 3.63) is 41.9 Å². The molecule has 0 radical (unpaired) electrons. The summed E-state index contributed by atoms with van der Waals surface area (Å²) in [6.45, 7) is 3.98. The first-order valence-corrected chi connectivity index (χ1v) is 10.9. The van der Waals surface area contributed by atoms with Crippen LogP contribution in [0, 0.1) is 5.41 Å². The Morgan fingerprint density at radius 2 is 2.06 bits per heavy atom. The summed E-state index contributed by atoms with van der Waals surface area (Å²) < 4.78 is 11.0. The highest BCUT2D eigenvalue weighted by Crippen LogP contribution is 2.33. The largest absolute Gasteiger partial charge is 0.488 e. The molecule has 2 fully saturated rings. The van der Waals surface area contributed by atoms with Crippen molar-refractivity contribution in [1.82, 2.24) is 15.3 Å². The van der Waals surface area contributed by atoms with Crippen LogP contribution in [-0.4, -0.2) is 60.0 Å². The smallest absolute Gasteiger partial charge is 0.220 e. The SMILES string of the molecule is COCC(C)Oc1ccc(N)c(C(=N)c2cc(N3CCC4(CCC(=O)N4)CC3)ncn2)c1. The van der Waals surface area contributed by atoms with E-state index in [-0.39, 0.29) is 23.3 Å². The van der Waals surface area contributed by atoms with Crippen molar-refractivity contribution in [3.8, 4) is 5.75 Å². The van der Waals surface area contributed by atoms with Gasteiger partial charge in [0.1, 0.15) is 24.0 Å². The average Bonchev–Trinajstić information content (AvgIpc) is 3.15. The molecule has 1 aromatic carbocycles. The maximum atomic E-state index is 11.7. The Balaban J connectivity index is 1.49. The number of hydrogen-bond acceptors (Lipinski definition) is 8. The van der Waals surface area contributed by atoms with Crippen LogP contribution in [0.15, 0.2) is 30.6 Å². The van der Waals surface area contributed by atoms with Crippen molar-refractivity contribution in [2.45, 2.75) is 44.2 Å². The van der Waals surface area contributed by atoms with Gasteiger partial charge in [-0.05, 0) is 44.4 Å². The summed E-state index contributed by atoms with van der Waals surface area (Å²) in [5, 5.41) is 11.9. The van der Waals surface area contributed by atoms with Crippen molar-refractivity contribution in [1.29, 1.82) is 5.41 Å². The van der Waals surface area contributed by atoms with E-state index < -0.39 is 0 Å². The van der Waals surface area contributed by atoms with E-state index in [0.29, 0.717) is 35.7 Å². The van der Waals surface area contributed by atoms with Crippen LogP contribution in [0.25, 0.3) is 0 Å². The fraction of sp³-hybridized carbons (Fsp3) is 0.478. The molecule has 1 aromatic heterocycles. The lowest BCUT2D eigenvalue weighted by molar-refractivity contribution is -0.119. The molecule has 1 atom stereocenters. The van der Waals surface area contributed by atoms with Crippen molar-refractivity contribution >= 4 is 23.1 Å². The van der Waals surface area contributed by atoms with Gasteiger partial charge in [-0.2, -0.15) is 0 Å². The summed E-state index contributed by atoms with van der Waals surface area (Å²) in [4.78, 5) is 22.6.